The van der Waals surface area contributed by atoms with E-state index in [0.29, 0.717) is 5.56 Å². The third-order valence-corrected chi connectivity index (χ3v) is 6.17. The molecule has 0 aromatic heterocycles. The van der Waals surface area contributed by atoms with Gasteiger partial charge in [-0.3, -0.25) is 4.79 Å². The maximum Gasteiger partial charge on any atom is 0.323 e. The number of aryl methyl sites for hydroxylation is 3. The number of thiol groups is 1. The first-order valence-electron chi connectivity index (χ1n) is 14.4. The fourth-order valence-electron chi connectivity index (χ4n) is 3.66. The second-order valence-corrected chi connectivity index (χ2v) is 9.87. The molecule has 3 amide bonds. The number of ether oxygens (including phenoxy) is 1. The maximum atomic E-state index is 12.1. The smallest absolute Gasteiger partial charge is 0.323 e. The summed E-state index contributed by atoms with van der Waals surface area (Å²) in [7, 11) is 1.57. The molecule has 0 saturated heterocycles. The van der Waals surface area contributed by atoms with Gasteiger partial charge in [0.05, 0.1) is 18.5 Å². The number of rotatable bonds is 9. The summed E-state index contributed by atoms with van der Waals surface area (Å²) in [5.74, 6) is 0.294. The number of unbranched alkanes of at least 4 members (excludes halogenated alkanes) is 2. The van der Waals surface area contributed by atoms with Crippen LogP contribution in [0, 0.1) is 20.8 Å². The van der Waals surface area contributed by atoms with Crippen LogP contribution in [-0.4, -0.2) is 30.1 Å². The van der Waals surface area contributed by atoms with Gasteiger partial charge in [0.25, 0.3) is 0 Å². The standard InChI is InChI=1S/C19H25N3O.C8H9NO2.C8H10.H2OS/c1-3-4-7-14-20-17-8-5-6-9-18(17)22-19(23)21-16-12-10-15(2)11-13-16;1-11-7-4-2-6(3-5-7)8(9)10;1-7-3-5-8(2)6-4-7;1-2/h5-6,8-13,20H,3-4,7,14H2,1-2H3,(H2,21,22,23);2-5H,1H3,(H2,9,10);3-6H,1-2H3;1-2H. The molecule has 4 aromatic rings. The van der Waals surface area contributed by atoms with Crippen LogP contribution in [0.4, 0.5) is 21.9 Å². The van der Waals surface area contributed by atoms with Crippen molar-refractivity contribution in [3.63, 3.8) is 0 Å². The van der Waals surface area contributed by atoms with Crippen molar-refractivity contribution < 1.29 is 18.9 Å². The summed E-state index contributed by atoms with van der Waals surface area (Å²) in [4.78, 5) is 22.7. The van der Waals surface area contributed by atoms with Gasteiger partial charge in [0, 0.05) is 17.8 Å². The van der Waals surface area contributed by atoms with E-state index in [9.17, 15) is 9.59 Å². The summed E-state index contributed by atoms with van der Waals surface area (Å²) in [6.07, 6.45) is 3.53. The topological polar surface area (TPSA) is 126 Å². The van der Waals surface area contributed by atoms with Crippen LogP contribution < -0.4 is 26.4 Å². The van der Waals surface area contributed by atoms with Crippen molar-refractivity contribution in [3.8, 4) is 5.75 Å². The Hall–Kier alpha value is -4.47. The largest absolute Gasteiger partial charge is 0.497 e. The molecule has 9 heteroatoms. The Morgan fingerprint density at radius 2 is 1.23 bits per heavy atom. The molecule has 8 nitrogen and oxygen atoms in total. The van der Waals surface area contributed by atoms with E-state index in [4.69, 9.17) is 15.0 Å². The SMILES string of the molecule is CCCCCNc1ccccc1NC(=O)Nc1ccc(C)cc1.COc1ccc(C(N)=O)cc1.Cc1ccc(C)cc1.OS. The van der Waals surface area contributed by atoms with Crippen molar-refractivity contribution in [1.82, 2.24) is 0 Å². The Morgan fingerprint density at radius 1 is 0.727 bits per heavy atom. The monoisotopic (exact) mass is 618 g/mol. The average Bonchev–Trinajstić information content (AvgIpc) is 3.04. The number of carbonyl (C=O) groups is 2. The van der Waals surface area contributed by atoms with Crippen LogP contribution in [0.5, 0.6) is 5.75 Å². The Labute approximate surface area is 267 Å². The number of nitrogens with one attached hydrogen (secondary N) is 3. The minimum atomic E-state index is -0.423. The molecule has 0 saturated carbocycles. The van der Waals surface area contributed by atoms with Crippen LogP contribution in [0.25, 0.3) is 0 Å². The van der Waals surface area contributed by atoms with Gasteiger partial charge in [-0.1, -0.05) is 85.0 Å². The van der Waals surface area contributed by atoms with E-state index in [1.165, 1.54) is 24.0 Å². The quantitative estimate of drug-likeness (QED) is 0.0636. The minimum Gasteiger partial charge on any atom is -0.497 e. The van der Waals surface area contributed by atoms with E-state index < -0.39 is 5.91 Å². The van der Waals surface area contributed by atoms with Gasteiger partial charge < -0.3 is 31.0 Å². The molecule has 0 unspecified atom stereocenters. The van der Waals surface area contributed by atoms with Crippen molar-refractivity contribution in [2.75, 3.05) is 29.6 Å². The zero-order valence-corrected chi connectivity index (χ0v) is 27.2. The Kier molecular flexibility index (Phi) is 18.9. The fourth-order valence-corrected chi connectivity index (χ4v) is 3.66. The minimum absolute atomic E-state index is 0.239. The highest BCUT2D eigenvalue weighted by Crippen LogP contribution is 2.21. The number of para-hydroxylation sites is 2. The lowest BCUT2D eigenvalue weighted by molar-refractivity contribution is 0.1000. The molecule has 4 rings (SSSR count). The molecule has 0 bridgehead atoms. The first-order valence-corrected chi connectivity index (χ1v) is 14.8. The van der Waals surface area contributed by atoms with E-state index in [1.54, 1.807) is 31.4 Å². The van der Waals surface area contributed by atoms with Gasteiger partial charge in [-0.25, -0.2) is 4.79 Å². The Bertz CT molecular complexity index is 1340. The second-order valence-electron chi connectivity index (χ2n) is 9.87. The van der Waals surface area contributed by atoms with E-state index in [2.05, 4.69) is 73.9 Å². The van der Waals surface area contributed by atoms with E-state index in [-0.39, 0.29) is 6.03 Å². The number of methoxy groups -OCH3 is 1. The molecule has 0 aliphatic heterocycles. The molecule has 0 fully saturated rings. The zero-order chi connectivity index (χ0) is 32.7. The van der Waals surface area contributed by atoms with Gasteiger partial charge in [-0.2, -0.15) is 0 Å². The molecule has 0 aliphatic rings. The lowest BCUT2D eigenvalue weighted by atomic mass is 10.2. The summed E-state index contributed by atoms with van der Waals surface area (Å²) in [5, 5.41) is 9.13. The number of amides is 3. The second kappa shape index (κ2) is 22.1. The molecule has 0 spiro atoms. The number of urea groups is 1. The molecule has 0 aliphatic carbocycles. The lowest BCUT2D eigenvalue weighted by Gasteiger charge is -2.13. The van der Waals surface area contributed by atoms with Crippen molar-refractivity contribution in [1.29, 1.82) is 0 Å². The van der Waals surface area contributed by atoms with Crippen LogP contribution in [0.3, 0.4) is 0 Å². The predicted molar refractivity (Wildman–Crippen MR) is 187 cm³/mol. The number of primary amides is 1. The highest BCUT2D eigenvalue weighted by Gasteiger charge is 2.06. The Balaban J connectivity index is 0.000000379. The van der Waals surface area contributed by atoms with Crippen LogP contribution >= 0.6 is 12.9 Å². The molecule has 236 valence electrons. The lowest BCUT2D eigenvalue weighted by Crippen LogP contribution is -2.20. The van der Waals surface area contributed by atoms with Gasteiger partial charge in [0.1, 0.15) is 5.75 Å². The first-order chi connectivity index (χ1) is 21.2. The molecule has 44 heavy (non-hydrogen) atoms. The summed E-state index contributed by atoms with van der Waals surface area (Å²) < 4.78 is 11.6. The van der Waals surface area contributed by atoms with Crippen molar-refractivity contribution in [2.45, 2.75) is 47.0 Å². The van der Waals surface area contributed by atoms with Crippen LogP contribution in [-0.2, 0) is 0 Å². The van der Waals surface area contributed by atoms with Crippen LogP contribution in [0.2, 0.25) is 0 Å². The fraction of sp³-hybridized carbons (Fsp3) is 0.257. The Morgan fingerprint density at radius 3 is 1.70 bits per heavy atom. The van der Waals surface area contributed by atoms with Crippen LogP contribution in [0.1, 0.15) is 53.2 Å². The molecule has 0 radical (unpaired) electrons. The molecular formula is C35H46N4O4S. The van der Waals surface area contributed by atoms with Crippen molar-refractivity contribution >= 4 is 41.9 Å². The molecule has 0 heterocycles. The summed E-state index contributed by atoms with van der Waals surface area (Å²) in [5.41, 5.74) is 11.9. The van der Waals surface area contributed by atoms with Gasteiger partial charge in [0.2, 0.25) is 5.91 Å². The number of carbonyl (C=O) groups excluding carboxylic acids is 2. The van der Waals surface area contributed by atoms with E-state index in [0.717, 1.165) is 41.3 Å². The number of benzene rings is 4. The molecular weight excluding hydrogens is 572 g/mol. The molecule has 6 N–H and O–H groups in total. The normalized spacial score (nSPS) is 9.43. The van der Waals surface area contributed by atoms with Gasteiger partial charge in [-0.15, -0.1) is 0 Å². The maximum absolute atomic E-state index is 12.1. The van der Waals surface area contributed by atoms with Gasteiger partial charge >= 0.3 is 6.03 Å². The number of hydrogen-bond acceptors (Lipinski definition) is 6. The zero-order valence-electron chi connectivity index (χ0n) is 26.3. The third-order valence-electron chi connectivity index (χ3n) is 6.17. The number of hydrogen-bond donors (Lipinski definition) is 6. The van der Waals surface area contributed by atoms with Crippen LogP contribution in [0.15, 0.2) is 97.1 Å². The summed E-state index contributed by atoms with van der Waals surface area (Å²) in [6, 6.07) is 30.4. The van der Waals surface area contributed by atoms with Crippen molar-refractivity contribution in [3.05, 3.63) is 119 Å². The van der Waals surface area contributed by atoms with E-state index >= 15 is 0 Å². The van der Waals surface area contributed by atoms with Crippen molar-refractivity contribution in [2.24, 2.45) is 5.73 Å². The highest BCUT2D eigenvalue weighted by atomic mass is 32.1. The predicted octanol–water partition coefficient (Wildman–Crippen LogP) is 8.73. The summed E-state index contributed by atoms with van der Waals surface area (Å²) >= 11 is 2.53. The molecule has 4 aromatic carbocycles. The van der Waals surface area contributed by atoms with Gasteiger partial charge in [0.15, 0.2) is 0 Å². The number of nitrogens with two attached hydrogens (primary N) is 1. The first kappa shape index (κ1) is 37.6. The molecule has 0 atom stereocenters. The average molecular weight is 619 g/mol. The number of anilines is 3. The van der Waals surface area contributed by atoms with E-state index in [1.807, 2.05) is 55.5 Å². The third kappa shape index (κ3) is 15.7. The summed E-state index contributed by atoms with van der Waals surface area (Å²) in [6.45, 7) is 9.31. The van der Waals surface area contributed by atoms with Gasteiger partial charge in [-0.05, 0) is 88.6 Å². The highest BCUT2D eigenvalue weighted by molar-refractivity contribution is 7.74.